The van der Waals surface area contributed by atoms with Crippen molar-refractivity contribution in [2.24, 2.45) is 0 Å². The zero-order chi connectivity index (χ0) is 14.8. The fourth-order valence-corrected chi connectivity index (χ4v) is 1.58. The van der Waals surface area contributed by atoms with Crippen LogP contribution in [-0.4, -0.2) is 31.9 Å². The van der Waals surface area contributed by atoms with E-state index in [1.807, 2.05) is 39.8 Å². The Morgan fingerprint density at radius 3 is 2.70 bits per heavy atom. The summed E-state index contributed by atoms with van der Waals surface area (Å²) in [4.78, 5) is 11.8. The van der Waals surface area contributed by atoms with E-state index < -0.39 is 11.7 Å². The third-order valence-electron chi connectivity index (χ3n) is 2.47. The van der Waals surface area contributed by atoms with Gasteiger partial charge in [-0.2, -0.15) is 0 Å². The summed E-state index contributed by atoms with van der Waals surface area (Å²) in [5.41, 5.74) is 1.80. The van der Waals surface area contributed by atoms with E-state index in [2.05, 4.69) is 20.8 Å². The van der Waals surface area contributed by atoms with Crippen LogP contribution in [-0.2, 0) is 4.74 Å². The number of hydrogen-bond donors (Lipinski definition) is 1. The number of hydrogen-bond acceptors (Lipinski definition) is 5. The van der Waals surface area contributed by atoms with Crippen molar-refractivity contribution in [1.29, 1.82) is 0 Å². The third-order valence-corrected chi connectivity index (χ3v) is 2.47. The minimum Gasteiger partial charge on any atom is -0.444 e. The van der Waals surface area contributed by atoms with Gasteiger partial charge < -0.3 is 4.74 Å². The van der Waals surface area contributed by atoms with Crippen molar-refractivity contribution in [2.75, 3.05) is 5.32 Å². The summed E-state index contributed by atoms with van der Waals surface area (Å²) < 4.78 is 6.74. The van der Waals surface area contributed by atoms with Crippen LogP contribution in [0.25, 0.3) is 5.69 Å². The molecule has 0 radical (unpaired) electrons. The molecule has 1 amide bonds. The van der Waals surface area contributed by atoms with Gasteiger partial charge in [0.1, 0.15) is 11.9 Å². The second-order valence-corrected chi connectivity index (χ2v) is 5.38. The van der Waals surface area contributed by atoms with Crippen LogP contribution in [0.15, 0.2) is 24.5 Å². The molecule has 20 heavy (non-hydrogen) atoms. The van der Waals surface area contributed by atoms with Crippen LogP contribution in [0.5, 0.6) is 0 Å². The van der Waals surface area contributed by atoms with Gasteiger partial charge in [0, 0.05) is 5.69 Å². The van der Waals surface area contributed by atoms with Gasteiger partial charge in [0.25, 0.3) is 0 Å². The molecular weight excluding hydrogens is 258 g/mol. The molecule has 0 aliphatic carbocycles. The van der Waals surface area contributed by atoms with Crippen LogP contribution < -0.4 is 5.32 Å². The average molecular weight is 275 g/mol. The Balaban J connectivity index is 2.19. The van der Waals surface area contributed by atoms with E-state index in [1.54, 1.807) is 6.07 Å². The maximum Gasteiger partial charge on any atom is 0.412 e. The number of ether oxygens (including phenoxy) is 1. The van der Waals surface area contributed by atoms with Crippen molar-refractivity contribution in [2.45, 2.75) is 33.3 Å². The Labute approximate surface area is 116 Å². The molecule has 1 N–H and O–H groups in total. The molecule has 0 saturated heterocycles. The van der Waals surface area contributed by atoms with Crippen molar-refractivity contribution < 1.29 is 9.53 Å². The normalized spacial score (nSPS) is 11.2. The van der Waals surface area contributed by atoms with E-state index in [9.17, 15) is 4.79 Å². The lowest BCUT2D eigenvalue weighted by atomic mass is 10.2. The molecule has 2 aromatic rings. The molecule has 106 valence electrons. The maximum atomic E-state index is 11.8. The first-order valence-electron chi connectivity index (χ1n) is 6.19. The number of tetrazole rings is 1. The predicted molar refractivity (Wildman–Crippen MR) is 73.7 cm³/mol. The Morgan fingerprint density at radius 2 is 2.10 bits per heavy atom. The number of rotatable bonds is 2. The highest BCUT2D eigenvalue weighted by molar-refractivity contribution is 5.86. The zero-order valence-electron chi connectivity index (χ0n) is 11.9. The largest absolute Gasteiger partial charge is 0.444 e. The molecule has 1 aromatic heterocycles. The number of nitrogens with one attached hydrogen (secondary N) is 1. The van der Waals surface area contributed by atoms with Crippen LogP contribution in [0.2, 0.25) is 0 Å². The Bertz CT molecular complexity index is 602. The predicted octanol–water partition coefficient (Wildman–Crippen LogP) is 2.32. The number of benzene rings is 1. The van der Waals surface area contributed by atoms with Crippen molar-refractivity contribution >= 4 is 11.8 Å². The van der Waals surface area contributed by atoms with Crippen molar-refractivity contribution in [3.63, 3.8) is 0 Å². The highest BCUT2D eigenvalue weighted by Gasteiger charge is 2.17. The van der Waals surface area contributed by atoms with Crippen molar-refractivity contribution in [3.05, 3.63) is 30.1 Å². The van der Waals surface area contributed by atoms with E-state index >= 15 is 0 Å². The number of anilines is 1. The molecular formula is C13H17N5O2. The van der Waals surface area contributed by atoms with E-state index in [1.165, 1.54) is 11.0 Å². The van der Waals surface area contributed by atoms with Crippen molar-refractivity contribution in [1.82, 2.24) is 20.2 Å². The second-order valence-electron chi connectivity index (χ2n) is 5.38. The summed E-state index contributed by atoms with van der Waals surface area (Å²) in [6, 6.07) is 5.53. The Hall–Kier alpha value is -2.44. The van der Waals surface area contributed by atoms with Crippen LogP contribution in [0.1, 0.15) is 26.3 Å². The number of carbonyl (C=O) groups is 1. The SMILES string of the molecule is Cc1ccc(-n2cnnn2)cc1NC(=O)OC(C)(C)C. The second kappa shape index (κ2) is 5.28. The molecule has 0 fully saturated rings. The Kier molecular flexibility index (Phi) is 3.69. The van der Waals surface area contributed by atoms with Gasteiger partial charge in [-0.3, -0.25) is 5.32 Å². The van der Waals surface area contributed by atoms with Crippen molar-refractivity contribution in [3.8, 4) is 5.69 Å². The number of amides is 1. The fraction of sp³-hybridized carbons (Fsp3) is 0.385. The van der Waals surface area contributed by atoms with Crippen LogP contribution in [0, 0.1) is 6.92 Å². The highest BCUT2D eigenvalue weighted by Crippen LogP contribution is 2.20. The topological polar surface area (TPSA) is 81.9 Å². The van der Waals surface area contributed by atoms with Gasteiger partial charge in [-0.15, -0.1) is 5.10 Å². The molecule has 0 aliphatic rings. The molecule has 0 saturated carbocycles. The van der Waals surface area contributed by atoms with Crippen LogP contribution in [0.3, 0.4) is 0 Å². The van der Waals surface area contributed by atoms with E-state index in [4.69, 9.17) is 4.74 Å². The average Bonchev–Trinajstić information content (AvgIpc) is 2.83. The van der Waals surface area contributed by atoms with Gasteiger partial charge in [0.05, 0.1) is 5.69 Å². The molecule has 2 rings (SSSR count). The molecule has 0 spiro atoms. The molecule has 0 bridgehead atoms. The van der Waals surface area contributed by atoms with Gasteiger partial charge in [-0.25, -0.2) is 9.48 Å². The summed E-state index contributed by atoms with van der Waals surface area (Å²) in [7, 11) is 0. The van der Waals surface area contributed by atoms with Crippen LogP contribution in [0.4, 0.5) is 10.5 Å². The summed E-state index contributed by atoms with van der Waals surface area (Å²) in [6.45, 7) is 7.35. The number of aryl methyl sites for hydroxylation is 1. The maximum absolute atomic E-state index is 11.8. The minimum atomic E-state index is -0.536. The van der Waals surface area contributed by atoms with Gasteiger partial charge in [-0.1, -0.05) is 6.07 Å². The molecule has 0 atom stereocenters. The van der Waals surface area contributed by atoms with Gasteiger partial charge in [0.2, 0.25) is 0 Å². The molecule has 1 heterocycles. The first-order valence-corrected chi connectivity index (χ1v) is 6.19. The lowest BCUT2D eigenvalue weighted by molar-refractivity contribution is 0.0636. The summed E-state index contributed by atoms with van der Waals surface area (Å²) in [5.74, 6) is 0. The minimum absolute atomic E-state index is 0.491. The van der Waals surface area contributed by atoms with Gasteiger partial charge in [-0.05, 0) is 55.8 Å². The lowest BCUT2D eigenvalue weighted by Gasteiger charge is -2.20. The summed E-state index contributed by atoms with van der Waals surface area (Å²) in [6.07, 6.45) is 0.997. The van der Waals surface area contributed by atoms with Crippen LogP contribution >= 0.6 is 0 Å². The molecule has 0 unspecified atom stereocenters. The first kappa shape index (κ1) is 14.0. The number of aromatic nitrogens is 4. The monoisotopic (exact) mass is 275 g/mol. The zero-order valence-corrected chi connectivity index (χ0v) is 11.9. The molecule has 1 aromatic carbocycles. The lowest BCUT2D eigenvalue weighted by Crippen LogP contribution is -2.27. The third kappa shape index (κ3) is 3.53. The van der Waals surface area contributed by atoms with Gasteiger partial charge in [0.15, 0.2) is 0 Å². The number of carbonyl (C=O) groups excluding carboxylic acids is 1. The first-order chi connectivity index (χ1) is 9.35. The standard InChI is InChI=1S/C13H17N5O2/c1-9-5-6-10(18-8-14-16-17-18)7-11(9)15-12(19)20-13(2,3)4/h5-8H,1-4H3,(H,15,19). The molecule has 7 heteroatoms. The summed E-state index contributed by atoms with van der Waals surface area (Å²) >= 11 is 0. The highest BCUT2D eigenvalue weighted by atomic mass is 16.6. The quantitative estimate of drug-likeness (QED) is 0.909. The fourth-order valence-electron chi connectivity index (χ4n) is 1.58. The van der Waals surface area contributed by atoms with E-state index in [0.29, 0.717) is 5.69 Å². The molecule has 7 nitrogen and oxygen atoms in total. The Morgan fingerprint density at radius 1 is 1.35 bits per heavy atom. The van der Waals surface area contributed by atoms with E-state index in [-0.39, 0.29) is 0 Å². The summed E-state index contributed by atoms with van der Waals surface area (Å²) in [5, 5.41) is 13.7. The molecule has 0 aliphatic heterocycles. The smallest absolute Gasteiger partial charge is 0.412 e. The van der Waals surface area contributed by atoms with Gasteiger partial charge >= 0.3 is 6.09 Å². The van der Waals surface area contributed by atoms with E-state index in [0.717, 1.165) is 11.3 Å². The number of nitrogens with zero attached hydrogens (tertiary/aromatic N) is 4.